The first-order valence-electron chi connectivity index (χ1n) is 6.19. The zero-order valence-electron chi connectivity index (χ0n) is 10.6. The third-order valence-corrected chi connectivity index (χ3v) is 3.12. The van der Waals surface area contributed by atoms with Crippen LogP contribution in [0.2, 0.25) is 0 Å². The molecule has 1 fully saturated rings. The molecule has 1 aliphatic heterocycles. The Morgan fingerprint density at radius 1 is 1.47 bits per heavy atom. The van der Waals surface area contributed by atoms with E-state index in [2.05, 4.69) is 0 Å². The van der Waals surface area contributed by atoms with Gasteiger partial charge in [0.1, 0.15) is 6.10 Å². The van der Waals surface area contributed by atoms with Crippen LogP contribution < -0.4 is 0 Å². The normalized spacial score (nSPS) is 22.2. The van der Waals surface area contributed by atoms with Gasteiger partial charge in [-0.2, -0.15) is 0 Å². The fraction of sp³-hybridized carbons (Fsp3) is 0.462. The predicted molar refractivity (Wildman–Crippen MR) is 66.9 cm³/mol. The Hall–Kier alpha value is -1.95. The average molecular weight is 265 g/mol. The Morgan fingerprint density at radius 2 is 2.16 bits per heavy atom. The molecule has 6 nitrogen and oxygen atoms in total. The van der Waals surface area contributed by atoms with E-state index in [1.165, 1.54) is 24.3 Å². The molecule has 6 heteroatoms. The maximum Gasteiger partial charge on any atom is 0.338 e. The molecule has 0 aliphatic carbocycles. The van der Waals surface area contributed by atoms with Crippen molar-refractivity contribution in [3.8, 4) is 0 Å². The van der Waals surface area contributed by atoms with Crippen molar-refractivity contribution in [2.75, 3.05) is 6.61 Å². The maximum absolute atomic E-state index is 11.9. The van der Waals surface area contributed by atoms with Crippen LogP contribution in [0.25, 0.3) is 0 Å². The van der Waals surface area contributed by atoms with Gasteiger partial charge in [0.05, 0.1) is 23.2 Å². The van der Waals surface area contributed by atoms with Gasteiger partial charge in [-0.25, -0.2) is 4.79 Å². The highest BCUT2D eigenvalue weighted by molar-refractivity contribution is 5.89. The third kappa shape index (κ3) is 3.08. The summed E-state index contributed by atoms with van der Waals surface area (Å²) < 4.78 is 10.8. The summed E-state index contributed by atoms with van der Waals surface area (Å²) in [4.78, 5) is 21.9. The molecular weight excluding hydrogens is 250 g/mol. The smallest absolute Gasteiger partial charge is 0.338 e. The molecule has 0 saturated carbocycles. The minimum Gasteiger partial charge on any atom is -0.456 e. The molecule has 19 heavy (non-hydrogen) atoms. The summed E-state index contributed by atoms with van der Waals surface area (Å²) in [6.45, 7) is 2.57. The second-order valence-corrected chi connectivity index (χ2v) is 4.35. The summed E-state index contributed by atoms with van der Waals surface area (Å²) in [5.74, 6) is -0.469. The number of esters is 1. The Labute approximate surface area is 110 Å². The topological polar surface area (TPSA) is 78.7 Å². The number of benzene rings is 1. The lowest BCUT2D eigenvalue weighted by Crippen LogP contribution is -2.26. The summed E-state index contributed by atoms with van der Waals surface area (Å²) in [7, 11) is 0. The summed E-state index contributed by atoms with van der Waals surface area (Å²) in [5, 5.41) is 10.5. The largest absolute Gasteiger partial charge is 0.456 e. The van der Waals surface area contributed by atoms with Crippen molar-refractivity contribution in [3.63, 3.8) is 0 Å². The molecule has 1 heterocycles. The molecule has 0 N–H and O–H groups in total. The van der Waals surface area contributed by atoms with Gasteiger partial charge in [0, 0.05) is 18.6 Å². The van der Waals surface area contributed by atoms with Gasteiger partial charge in [-0.05, 0) is 18.6 Å². The second-order valence-electron chi connectivity index (χ2n) is 4.35. The van der Waals surface area contributed by atoms with Crippen molar-refractivity contribution in [1.82, 2.24) is 0 Å². The van der Waals surface area contributed by atoms with Gasteiger partial charge >= 0.3 is 5.97 Å². The quantitative estimate of drug-likeness (QED) is 0.474. The van der Waals surface area contributed by atoms with E-state index in [1.807, 2.05) is 6.92 Å². The number of carbonyl (C=O) groups excluding carboxylic acids is 1. The Balaban J connectivity index is 2.01. The van der Waals surface area contributed by atoms with Crippen LogP contribution in [0.15, 0.2) is 24.3 Å². The molecule has 2 atom stereocenters. The van der Waals surface area contributed by atoms with Gasteiger partial charge in [-0.15, -0.1) is 0 Å². The Morgan fingerprint density at radius 3 is 2.74 bits per heavy atom. The van der Waals surface area contributed by atoms with Gasteiger partial charge in [0.15, 0.2) is 0 Å². The fourth-order valence-corrected chi connectivity index (χ4v) is 2.07. The van der Waals surface area contributed by atoms with Crippen LogP contribution in [0, 0.1) is 10.1 Å². The summed E-state index contributed by atoms with van der Waals surface area (Å²) in [6, 6.07) is 5.38. The number of hydrogen-bond donors (Lipinski definition) is 0. The van der Waals surface area contributed by atoms with Gasteiger partial charge in [0.25, 0.3) is 5.69 Å². The van der Waals surface area contributed by atoms with E-state index in [0.717, 1.165) is 6.42 Å². The fourth-order valence-electron chi connectivity index (χ4n) is 2.07. The first kappa shape index (κ1) is 13.5. The lowest BCUT2D eigenvalue weighted by atomic mass is 10.1. The van der Waals surface area contributed by atoms with Crippen molar-refractivity contribution < 1.29 is 19.2 Å². The van der Waals surface area contributed by atoms with Crippen molar-refractivity contribution in [1.29, 1.82) is 0 Å². The van der Waals surface area contributed by atoms with E-state index in [-0.39, 0.29) is 17.9 Å². The average Bonchev–Trinajstić information content (AvgIpc) is 2.86. The molecule has 1 aromatic carbocycles. The van der Waals surface area contributed by atoms with E-state index in [0.29, 0.717) is 18.6 Å². The molecular formula is C13H15NO5. The van der Waals surface area contributed by atoms with E-state index in [4.69, 9.17) is 9.47 Å². The number of rotatable bonds is 4. The second kappa shape index (κ2) is 5.79. The van der Waals surface area contributed by atoms with E-state index < -0.39 is 10.9 Å². The lowest BCUT2D eigenvalue weighted by Gasteiger charge is -2.17. The van der Waals surface area contributed by atoms with Crippen LogP contribution in [-0.2, 0) is 9.47 Å². The van der Waals surface area contributed by atoms with Gasteiger partial charge in [0.2, 0.25) is 0 Å². The van der Waals surface area contributed by atoms with Gasteiger partial charge < -0.3 is 9.47 Å². The number of carbonyl (C=O) groups is 1. The highest BCUT2D eigenvalue weighted by atomic mass is 16.6. The highest BCUT2D eigenvalue weighted by Crippen LogP contribution is 2.21. The SMILES string of the molecule is CC[C@H]1OCC[C@H]1OC(=O)c1ccc([N+](=O)[O-])cc1. The zero-order chi connectivity index (χ0) is 13.8. The van der Waals surface area contributed by atoms with Gasteiger partial charge in [-0.3, -0.25) is 10.1 Å². The Kier molecular flexibility index (Phi) is 4.11. The minimum atomic E-state index is -0.507. The van der Waals surface area contributed by atoms with Crippen molar-refractivity contribution in [2.45, 2.75) is 32.0 Å². The van der Waals surface area contributed by atoms with Crippen molar-refractivity contribution >= 4 is 11.7 Å². The van der Waals surface area contributed by atoms with Gasteiger partial charge in [-0.1, -0.05) is 6.92 Å². The summed E-state index contributed by atoms with van der Waals surface area (Å²) in [5.41, 5.74) is 0.263. The van der Waals surface area contributed by atoms with Crippen LogP contribution in [0.5, 0.6) is 0 Å². The van der Waals surface area contributed by atoms with E-state index >= 15 is 0 Å². The van der Waals surface area contributed by atoms with Crippen LogP contribution in [-0.4, -0.2) is 29.7 Å². The number of nitro benzene ring substituents is 1. The molecule has 0 unspecified atom stereocenters. The molecule has 0 bridgehead atoms. The molecule has 0 spiro atoms. The van der Waals surface area contributed by atoms with Crippen molar-refractivity contribution in [2.24, 2.45) is 0 Å². The molecule has 1 aliphatic rings. The van der Waals surface area contributed by atoms with Crippen LogP contribution in [0.3, 0.4) is 0 Å². The Bertz CT molecular complexity index is 470. The van der Waals surface area contributed by atoms with Crippen LogP contribution in [0.4, 0.5) is 5.69 Å². The minimum absolute atomic E-state index is 0.0489. The molecule has 0 aromatic heterocycles. The number of non-ortho nitro benzene ring substituents is 1. The van der Waals surface area contributed by atoms with E-state index in [9.17, 15) is 14.9 Å². The monoisotopic (exact) mass is 265 g/mol. The number of nitrogens with zero attached hydrogens (tertiary/aromatic N) is 1. The van der Waals surface area contributed by atoms with Crippen molar-refractivity contribution in [3.05, 3.63) is 39.9 Å². The summed E-state index contributed by atoms with van der Waals surface area (Å²) >= 11 is 0. The lowest BCUT2D eigenvalue weighted by molar-refractivity contribution is -0.384. The number of nitro groups is 1. The first-order chi connectivity index (χ1) is 9.11. The van der Waals surface area contributed by atoms with Crippen LogP contribution >= 0.6 is 0 Å². The standard InChI is InChI=1S/C13H15NO5/c1-2-11-12(7-8-18-11)19-13(15)9-3-5-10(6-4-9)14(16)17/h3-6,11-12H,2,7-8H2,1H3/t11-,12-/m1/s1. The molecule has 1 saturated heterocycles. The predicted octanol–water partition coefficient (Wildman–Crippen LogP) is 2.32. The summed E-state index contributed by atoms with van der Waals surface area (Å²) in [6.07, 6.45) is 1.20. The zero-order valence-corrected chi connectivity index (χ0v) is 10.6. The molecule has 2 rings (SSSR count). The molecule has 102 valence electrons. The van der Waals surface area contributed by atoms with E-state index in [1.54, 1.807) is 0 Å². The number of hydrogen-bond acceptors (Lipinski definition) is 5. The van der Waals surface area contributed by atoms with Crippen LogP contribution in [0.1, 0.15) is 30.1 Å². The third-order valence-electron chi connectivity index (χ3n) is 3.12. The maximum atomic E-state index is 11.9. The first-order valence-corrected chi connectivity index (χ1v) is 6.19. The molecule has 1 aromatic rings. The highest BCUT2D eigenvalue weighted by Gasteiger charge is 2.30. The molecule has 0 radical (unpaired) electrons. The number of ether oxygens (including phenoxy) is 2. The molecule has 0 amide bonds.